The third-order valence-corrected chi connectivity index (χ3v) is 6.30. The summed E-state index contributed by atoms with van der Waals surface area (Å²) in [7, 11) is -3.57. The van der Waals surface area contributed by atoms with E-state index in [1.807, 2.05) is 38.1 Å². The van der Waals surface area contributed by atoms with Crippen LogP contribution in [0.4, 0.5) is 5.69 Å². The SMILES string of the molecule is CC[C@H](NC(=O)CCCN(c1cc(Cl)ccc1Cl)S(C)(=O)=O)c1ccc(C)cc1. The summed E-state index contributed by atoms with van der Waals surface area (Å²) in [6.07, 6.45) is 2.43. The Morgan fingerprint density at radius 2 is 1.79 bits per heavy atom. The predicted octanol–water partition coefficient (Wildman–Crippen LogP) is 5.12. The number of hydrogen-bond acceptors (Lipinski definition) is 3. The second-order valence-electron chi connectivity index (χ2n) is 6.97. The van der Waals surface area contributed by atoms with Crippen molar-refractivity contribution in [3.05, 3.63) is 63.6 Å². The van der Waals surface area contributed by atoms with E-state index >= 15 is 0 Å². The van der Waals surface area contributed by atoms with E-state index in [-0.39, 0.29) is 29.9 Å². The number of hydrogen-bond donors (Lipinski definition) is 1. The lowest BCUT2D eigenvalue weighted by Gasteiger charge is -2.24. The first-order valence-electron chi connectivity index (χ1n) is 9.40. The van der Waals surface area contributed by atoms with Crippen molar-refractivity contribution in [1.29, 1.82) is 0 Å². The standard InChI is InChI=1S/C21H26Cl2N2O3S/c1-4-19(16-9-7-15(2)8-10-16)24-21(26)6-5-13-25(29(3,27)28)20-14-17(22)11-12-18(20)23/h7-12,14,19H,4-6,13H2,1-3H3,(H,24,26)/t19-/m0/s1. The maximum Gasteiger partial charge on any atom is 0.232 e. The Morgan fingerprint density at radius 3 is 2.38 bits per heavy atom. The smallest absolute Gasteiger partial charge is 0.232 e. The Morgan fingerprint density at radius 1 is 1.14 bits per heavy atom. The van der Waals surface area contributed by atoms with Gasteiger partial charge in [-0.1, -0.05) is 60.0 Å². The molecule has 0 heterocycles. The number of anilines is 1. The molecule has 8 heteroatoms. The number of amides is 1. The van der Waals surface area contributed by atoms with Crippen LogP contribution in [-0.4, -0.2) is 27.1 Å². The molecule has 2 aromatic rings. The van der Waals surface area contributed by atoms with Gasteiger partial charge in [0.1, 0.15) is 0 Å². The van der Waals surface area contributed by atoms with E-state index in [4.69, 9.17) is 23.2 Å². The van der Waals surface area contributed by atoms with Gasteiger partial charge in [-0.2, -0.15) is 0 Å². The molecule has 2 rings (SSSR count). The minimum absolute atomic E-state index is 0.0727. The van der Waals surface area contributed by atoms with E-state index in [2.05, 4.69) is 5.32 Å². The van der Waals surface area contributed by atoms with Crippen LogP contribution in [0.2, 0.25) is 10.0 Å². The molecule has 2 aromatic carbocycles. The molecule has 0 radical (unpaired) electrons. The summed E-state index contributed by atoms with van der Waals surface area (Å²) in [6.45, 7) is 4.16. The van der Waals surface area contributed by atoms with Crippen molar-refractivity contribution in [1.82, 2.24) is 5.32 Å². The third kappa shape index (κ3) is 6.91. The molecule has 0 aromatic heterocycles. The van der Waals surface area contributed by atoms with Crippen LogP contribution in [-0.2, 0) is 14.8 Å². The quantitative estimate of drug-likeness (QED) is 0.569. The van der Waals surface area contributed by atoms with E-state index in [0.717, 1.165) is 23.8 Å². The molecule has 0 aliphatic rings. The fourth-order valence-electron chi connectivity index (χ4n) is 3.01. The summed E-state index contributed by atoms with van der Waals surface area (Å²) in [5, 5.41) is 3.70. The number of halogens is 2. The molecule has 0 aliphatic heterocycles. The van der Waals surface area contributed by atoms with Gasteiger partial charge in [0.15, 0.2) is 0 Å². The largest absolute Gasteiger partial charge is 0.349 e. The molecule has 1 atom stereocenters. The van der Waals surface area contributed by atoms with Gasteiger partial charge in [0.25, 0.3) is 0 Å². The maximum atomic E-state index is 12.4. The zero-order valence-corrected chi connectivity index (χ0v) is 19.1. The summed E-state index contributed by atoms with van der Waals surface area (Å²) in [6, 6.07) is 12.6. The van der Waals surface area contributed by atoms with Crippen LogP contribution in [0.5, 0.6) is 0 Å². The molecule has 0 saturated carbocycles. The average Bonchev–Trinajstić information content (AvgIpc) is 2.65. The summed E-state index contributed by atoms with van der Waals surface area (Å²) in [4.78, 5) is 12.4. The molecular weight excluding hydrogens is 431 g/mol. The number of carbonyl (C=O) groups is 1. The van der Waals surface area contributed by atoms with Gasteiger partial charge in [0.2, 0.25) is 15.9 Å². The van der Waals surface area contributed by atoms with Crippen molar-refractivity contribution in [2.75, 3.05) is 17.1 Å². The molecule has 0 unspecified atom stereocenters. The van der Waals surface area contributed by atoms with E-state index in [1.165, 1.54) is 10.4 Å². The van der Waals surface area contributed by atoms with Gasteiger partial charge in [-0.15, -0.1) is 0 Å². The summed E-state index contributed by atoms with van der Waals surface area (Å²) in [5.74, 6) is -0.122. The van der Waals surface area contributed by atoms with Crippen molar-refractivity contribution in [2.24, 2.45) is 0 Å². The maximum absolute atomic E-state index is 12.4. The zero-order valence-electron chi connectivity index (χ0n) is 16.8. The van der Waals surface area contributed by atoms with E-state index in [9.17, 15) is 13.2 Å². The van der Waals surface area contributed by atoms with Crippen LogP contribution >= 0.6 is 23.2 Å². The Hall–Kier alpha value is -1.76. The molecule has 0 bridgehead atoms. The molecule has 158 valence electrons. The summed E-state index contributed by atoms with van der Waals surface area (Å²) in [5.41, 5.74) is 2.53. The Kier molecular flexibility index (Phi) is 8.37. The number of benzene rings is 2. The number of carbonyl (C=O) groups excluding carboxylic acids is 1. The Labute approximate surface area is 183 Å². The lowest BCUT2D eigenvalue weighted by atomic mass is 10.0. The van der Waals surface area contributed by atoms with Gasteiger partial charge in [-0.05, 0) is 43.5 Å². The van der Waals surface area contributed by atoms with Crippen molar-refractivity contribution in [2.45, 2.75) is 39.2 Å². The zero-order chi connectivity index (χ0) is 21.6. The predicted molar refractivity (Wildman–Crippen MR) is 120 cm³/mol. The van der Waals surface area contributed by atoms with Crippen LogP contribution in [0.1, 0.15) is 43.4 Å². The molecule has 29 heavy (non-hydrogen) atoms. The second kappa shape index (κ2) is 10.3. The van der Waals surface area contributed by atoms with Crippen LogP contribution in [0.15, 0.2) is 42.5 Å². The molecule has 0 saturated heterocycles. The first-order valence-corrected chi connectivity index (χ1v) is 12.0. The number of rotatable bonds is 9. The van der Waals surface area contributed by atoms with Gasteiger partial charge >= 0.3 is 0 Å². The first kappa shape index (κ1) is 23.5. The highest BCUT2D eigenvalue weighted by Gasteiger charge is 2.21. The second-order valence-corrected chi connectivity index (χ2v) is 9.72. The Balaban J connectivity index is 2.00. The van der Waals surface area contributed by atoms with E-state index in [1.54, 1.807) is 12.1 Å². The number of sulfonamides is 1. The van der Waals surface area contributed by atoms with Crippen LogP contribution < -0.4 is 9.62 Å². The van der Waals surface area contributed by atoms with Gasteiger partial charge in [0.05, 0.1) is 23.0 Å². The molecule has 0 spiro atoms. The average molecular weight is 457 g/mol. The van der Waals surface area contributed by atoms with E-state index < -0.39 is 10.0 Å². The molecule has 0 fully saturated rings. The lowest BCUT2D eigenvalue weighted by molar-refractivity contribution is -0.121. The normalized spacial score (nSPS) is 12.4. The minimum Gasteiger partial charge on any atom is -0.349 e. The molecule has 5 nitrogen and oxygen atoms in total. The topological polar surface area (TPSA) is 66.5 Å². The molecule has 1 amide bonds. The fourth-order valence-corrected chi connectivity index (χ4v) is 4.42. The lowest BCUT2D eigenvalue weighted by Crippen LogP contribution is -2.33. The number of nitrogens with one attached hydrogen (secondary N) is 1. The fraction of sp³-hybridized carbons (Fsp3) is 0.381. The minimum atomic E-state index is -3.57. The van der Waals surface area contributed by atoms with Crippen molar-refractivity contribution in [3.63, 3.8) is 0 Å². The highest BCUT2D eigenvalue weighted by molar-refractivity contribution is 7.92. The molecule has 1 N–H and O–H groups in total. The summed E-state index contributed by atoms with van der Waals surface area (Å²) >= 11 is 12.2. The monoisotopic (exact) mass is 456 g/mol. The Bertz CT molecular complexity index is 947. The van der Waals surface area contributed by atoms with Crippen molar-refractivity contribution >= 4 is 44.8 Å². The number of aryl methyl sites for hydroxylation is 1. The first-order chi connectivity index (χ1) is 13.6. The molecule has 0 aliphatic carbocycles. The number of nitrogens with zero attached hydrogens (tertiary/aromatic N) is 1. The van der Waals surface area contributed by atoms with Crippen molar-refractivity contribution in [3.8, 4) is 0 Å². The van der Waals surface area contributed by atoms with Crippen molar-refractivity contribution < 1.29 is 13.2 Å². The van der Waals surface area contributed by atoms with Gasteiger partial charge in [-0.3, -0.25) is 9.10 Å². The van der Waals surface area contributed by atoms with Crippen LogP contribution in [0.25, 0.3) is 0 Å². The van der Waals surface area contributed by atoms with Gasteiger partial charge < -0.3 is 5.32 Å². The highest BCUT2D eigenvalue weighted by Crippen LogP contribution is 2.31. The highest BCUT2D eigenvalue weighted by atomic mass is 35.5. The van der Waals surface area contributed by atoms with Gasteiger partial charge in [-0.25, -0.2) is 8.42 Å². The van der Waals surface area contributed by atoms with E-state index in [0.29, 0.717) is 17.1 Å². The van der Waals surface area contributed by atoms with Gasteiger partial charge in [0, 0.05) is 18.0 Å². The summed E-state index contributed by atoms with van der Waals surface area (Å²) < 4.78 is 25.6. The van der Waals surface area contributed by atoms with Crippen LogP contribution in [0, 0.1) is 6.92 Å². The third-order valence-electron chi connectivity index (χ3n) is 4.57. The molecular formula is C21H26Cl2N2O3S. The van der Waals surface area contributed by atoms with Crippen LogP contribution in [0.3, 0.4) is 0 Å².